The molecule has 0 aliphatic heterocycles. The first kappa shape index (κ1) is 14.4. The van der Waals surface area contributed by atoms with Gasteiger partial charge in [0.15, 0.2) is 0 Å². The molecule has 1 aromatic heterocycles. The second-order valence-corrected chi connectivity index (χ2v) is 4.64. The van der Waals surface area contributed by atoms with Gasteiger partial charge < -0.3 is 10.6 Å². The third-order valence-corrected chi connectivity index (χ3v) is 2.59. The van der Waals surface area contributed by atoms with Crippen LogP contribution in [0.3, 0.4) is 0 Å². The third kappa shape index (κ3) is 4.31. The minimum absolute atomic E-state index is 0.0124. The van der Waals surface area contributed by atoms with Crippen molar-refractivity contribution in [2.24, 2.45) is 0 Å². The molecule has 0 saturated carbocycles. The maximum atomic E-state index is 11.7. The number of rotatable bonds is 6. The molecule has 0 fully saturated rings. The van der Waals surface area contributed by atoms with Crippen molar-refractivity contribution in [3.8, 4) is 0 Å². The lowest BCUT2D eigenvalue weighted by atomic mass is 10.1. The SMILES string of the molecule is CCCNC(=O)C(C)Nc1cc(C(C)C)ncn1. The normalized spacial score (nSPS) is 12.3. The van der Waals surface area contributed by atoms with Gasteiger partial charge in [-0.2, -0.15) is 0 Å². The van der Waals surface area contributed by atoms with E-state index in [1.807, 2.05) is 19.9 Å². The molecule has 1 atom stereocenters. The van der Waals surface area contributed by atoms with Crippen LogP contribution in [-0.4, -0.2) is 28.5 Å². The smallest absolute Gasteiger partial charge is 0.242 e. The predicted molar refractivity (Wildman–Crippen MR) is 72.5 cm³/mol. The molecule has 0 aliphatic carbocycles. The predicted octanol–water partition coefficient (Wildman–Crippen LogP) is 1.93. The van der Waals surface area contributed by atoms with Crippen molar-refractivity contribution < 1.29 is 4.79 Å². The molecule has 0 spiro atoms. The summed E-state index contributed by atoms with van der Waals surface area (Å²) < 4.78 is 0. The van der Waals surface area contributed by atoms with E-state index >= 15 is 0 Å². The molecule has 1 heterocycles. The van der Waals surface area contributed by atoms with Crippen molar-refractivity contribution in [3.05, 3.63) is 18.1 Å². The van der Waals surface area contributed by atoms with Crippen molar-refractivity contribution in [3.63, 3.8) is 0 Å². The van der Waals surface area contributed by atoms with Crippen LogP contribution in [0.2, 0.25) is 0 Å². The van der Waals surface area contributed by atoms with E-state index < -0.39 is 0 Å². The summed E-state index contributed by atoms with van der Waals surface area (Å²) in [6.45, 7) is 8.69. The Morgan fingerprint density at radius 2 is 2.06 bits per heavy atom. The van der Waals surface area contributed by atoms with Gasteiger partial charge in [0.2, 0.25) is 5.91 Å². The molecular weight excluding hydrogens is 228 g/mol. The van der Waals surface area contributed by atoms with Gasteiger partial charge >= 0.3 is 0 Å². The maximum Gasteiger partial charge on any atom is 0.242 e. The highest BCUT2D eigenvalue weighted by atomic mass is 16.2. The number of anilines is 1. The van der Waals surface area contributed by atoms with Gasteiger partial charge in [-0.3, -0.25) is 4.79 Å². The second-order valence-electron chi connectivity index (χ2n) is 4.64. The van der Waals surface area contributed by atoms with Gasteiger partial charge in [0.05, 0.1) is 0 Å². The lowest BCUT2D eigenvalue weighted by Gasteiger charge is -2.15. The number of carbonyl (C=O) groups is 1. The van der Waals surface area contributed by atoms with Crippen LogP contribution in [0.4, 0.5) is 5.82 Å². The van der Waals surface area contributed by atoms with Gasteiger partial charge in [-0.25, -0.2) is 9.97 Å². The highest BCUT2D eigenvalue weighted by molar-refractivity contribution is 5.83. The Bertz CT molecular complexity index is 392. The zero-order valence-corrected chi connectivity index (χ0v) is 11.5. The van der Waals surface area contributed by atoms with E-state index in [4.69, 9.17) is 0 Å². The molecule has 1 rings (SSSR count). The molecule has 0 bridgehead atoms. The fourth-order valence-corrected chi connectivity index (χ4v) is 1.46. The molecule has 0 saturated heterocycles. The van der Waals surface area contributed by atoms with Crippen molar-refractivity contribution in [1.29, 1.82) is 0 Å². The monoisotopic (exact) mass is 250 g/mol. The molecule has 1 amide bonds. The zero-order chi connectivity index (χ0) is 13.5. The van der Waals surface area contributed by atoms with E-state index in [1.165, 1.54) is 6.33 Å². The Hall–Kier alpha value is -1.65. The number of hydrogen-bond acceptors (Lipinski definition) is 4. The van der Waals surface area contributed by atoms with Crippen LogP contribution in [-0.2, 0) is 4.79 Å². The average molecular weight is 250 g/mol. The van der Waals surface area contributed by atoms with Crippen molar-refractivity contribution in [2.45, 2.75) is 46.1 Å². The van der Waals surface area contributed by atoms with Gasteiger partial charge in [-0.1, -0.05) is 20.8 Å². The summed E-state index contributed by atoms with van der Waals surface area (Å²) in [4.78, 5) is 20.0. The van der Waals surface area contributed by atoms with E-state index in [-0.39, 0.29) is 11.9 Å². The summed E-state index contributed by atoms with van der Waals surface area (Å²) in [5, 5.41) is 5.93. The van der Waals surface area contributed by atoms with Crippen LogP contribution in [0, 0.1) is 0 Å². The van der Waals surface area contributed by atoms with Crippen LogP contribution in [0.1, 0.15) is 45.7 Å². The molecule has 0 aromatic carbocycles. The molecule has 5 nitrogen and oxygen atoms in total. The van der Waals surface area contributed by atoms with E-state index in [9.17, 15) is 4.79 Å². The Morgan fingerprint density at radius 1 is 1.33 bits per heavy atom. The van der Waals surface area contributed by atoms with Crippen LogP contribution >= 0.6 is 0 Å². The van der Waals surface area contributed by atoms with Gasteiger partial charge in [-0.15, -0.1) is 0 Å². The fourth-order valence-electron chi connectivity index (χ4n) is 1.46. The lowest BCUT2D eigenvalue weighted by molar-refractivity contribution is -0.121. The summed E-state index contributed by atoms with van der Waals surface area (Å²) in [5.41, 5.74) is 0.966. The van der Waals surface area contributed by atoms with Crippen molar-refractivity contribution >= 4 is 11.7 Å². The summed E-state index contributed by atoms with van der Waals surface area (Å²) >= 11 is 0. The highest BCUT2D eigenvalue weighted by Gasteiger charge is 2.12. The van der Waals surface area contributed by atoms with Gasteiger partial charge in [0, 0.05) is 18.3 Å². The first-order valence-corrected chi connectivity index (χ1v) is 6.40. The topological polar surface area (TPSA) is 66.9 Å². The minimum atomic E-state index is -0.300. The second kappa shape index (κ2) is 6.93. The Morgan fingerprint density at radius 3 is 2.67 bits per heavy atom. The molecule has 2 N–H and O–H groups in total. The maximum absolute atomic E-state index is 11.7. The molecule has 100 valence electrons. The van der Waals surface area contributed by atoms with E-state index in [2.05, 4.69) is 34.4 Å². The van der Waals surface area contributed by atoms with Gasteiger partial charge in [0.1, 0.15) is 18.2 Å². The van der Waals surface area contributed by atoms with Crippen LogP contribution in [0.25, 0.3) is 0 Å². The van der Waals surface area contributed by atoms with Crippen LogP contribution < -0.4 is 10.6 Å². The molecule has 0 aliphatic rings. The van der Waals surface area contributed by atoms with E-state index in [1.54, 1.807) is 0 Å². The molecule has 1 aromatic rings. The number of nitrogens with zero attached hydrogens (tertiary/aromatic N) is 2. The molecule has 5 heteroatoms. The first-order valence-electron chi connectivity index (χ1n) is 6.40. The third-order valence-electron chi connectivity index (χ3n) is 2.59. The summed E-state index contributed by atoms with van der Waals surface area (Å²) in [6, 6.07) is 1.58. The average Bonchev–Trinajstić information content (AvgIpc) is 2.36. The Labute approximate surface area is 108 Å². The zero-order valence-electron chi connectivity index (χ0n) is 11.5. The number of hydrogen-bond donors (Lipinski definition) is 2. The molecule has 1 unspecified atom stereocenters. The van der Waals surface area contributed by atoms with E-state index in [0.717, 1.165) is 12.1 Å². The standard InChI is InChI=1S/C13H22N4O/c1-5-6-14-13(18)10(4)17-12-7-11(9(2)3)15-8-16-12/h7-10H,5-6H2,1-4H3,(H,14,18)(H,15,16,17). The molecule has 18 heavy (non-hydrogen) atoms. The number of carbonyl (C=O) groups excluding carboxylic acids is 1. The largest absolute Gasteiger partial charge is 0.359 e. The Kier molecular flexibility index (Phi) is 5.55. The Balaban J connectivity index is 2.61. The van der Waals surface area contributed by atoms with Crippen molar-refractivity contribution in [2.75, 3.05) is 11.9 Å². The lowest BCUT2D eigenvalue weighted by Crippen LogP contribution is -2.38. The summed E-state index contributed by atoms with van der Waals surface area (Å²) in [5.74, 6) is 1.02. The van der Waals surface area contributed by atoms with Gasteiger partial charge in [0.25, 0.3) is 0 Å². The van der Waals surface area contributed by atoms with E-state index in [0.29, 0.717) is 18.3 Å². The molecule has 0 radical (unpaired) electrons. The molecular formula is C13H22N4O. The van der Waals surface area contributed by atoms with Gasteiger partial charge in [-0.05, 0) is 19.3 Å². The summed E-state index contributed by atoms with van der Waals surface area (Å²) in [6.07, 6.45) is 2.46. The van der Waals surface area contributed by atoms with Crippen LogP contribution in [0.5, 0.6) is 0 Å². The minimum Gasteiger partial charge on any atom is -0.359 e. The van der Waals surface area contributed by atoms with Crippen molar-refractivity contribution in [1.82, 2.24) is 15.3 Å². The highest BCUT2D eigenvalue weighted by Crippen LogP contribution is 2.14. The quantitative estimate of drug-likeness (QED) is 0.809. The first-order chi connectivity index (χ1) is 8.54. The van der Waals surface area contributed by atoms with Crippen LogP contribution in [0.15, 0.2) is 12.4 Å². The summed E-state index contributed by atoms with van der Waals surface area (Å²) in [7, 11) is 0. The number of nitrogens with one attached hydrogen (secondary N) is 2. The number of amides is 1. The fraction of sp³-hybridized carbons (Fsp3) is 0.615. The number of aromatic nitrogens is 2.